The van der Waals surface area contributed by atoms with Gasteiger partial charge in [0.1, 0.15) is 5.76 Å². The predicted octanol–water partition coefficient (Wildman–Crippen LogP) is 0.396. The van der Waals surface area contributed by atoms with Crippen LogP contribution in [-0.2, 0) is 23.0 Å². The second-order valence-electron chi connectivity index (χ2n) is 3.90. The number of aryl methyl sites for hydroxylation is 1. The van der Waals surface area contributed by atoms with E-state index in [9.17, 15) is 8.42 Å². The minimum Gasteiger partial charge on any atom is -0.444 e. The average molecular weight is 297 g/mol. The Morgan fingerprint density at radius 2 is 2.20 bits per heavy atom. The van der Waals surface area contributed by atoms with Gasteiger partial charge in [0.05, 0.1) is 18.4 Å². The minimum absolute atomic E-state index is 0.0527. The van der Waals surface area contributed by atoms with Crippen molar-refractivity contribution in [1.29, 1.82) is 0 Å². The molecular weight excluding hydrogens is 282 g/mol. The number of oxazole rings is 1. The van der Waals surface area contributed by atoms with Crippen molar-refractivity contribution in [1.82, 2.24) is 14.7 Å². The van der Waals surface area contributed by atoms with Crippen LogP contribution in [0.4, 0.5) is 5.69 Å². The molecule has 0 aliphatic carbocycles. The number of aromatic nitrogens is 2. The minimum atomic E-state index is -3.80. The van der Waals surface area contributed by atoms with Gasteiger partial charge in [-0.05, 0) is 12.1 Å². The molecule has 0 aliphatic rings. The van der Waals surface area contributed by atoms with Crippen LogP contribution in [0.15, 0.2) is 34.0 Å². The molecule has 0 radical (unpaired) electrons. The summed E-state index contributed by atoms with van der Waals surface area (Å²) in [5, 5.41) is -0.176. The number of nitrogens with one attached hydrogen (secondary N) is 2. The van der Waals surface area contributed by atoms with Gasteiger partial charge in [0, 0.05) is 12.6 Å². The number of nitrogen functional groups attached to an aromatic ring is 1. The van der Waals surface area contributed by atoms with Gasteiger partial charge >= 0.3 is 0 Å². The van der Waals surface area contributed by atoms with Crippen LogP contribution >= 0.6 is 0 Å². The summed E-state index contributed by atoms with van der Waals surface area (Å²) < 4.78 is 31.9. The fourth-order valence-corrected chi connectivity index (χ4v) is 2.60. The molecule has 20 heavy (non-hydrogen) atoms. The highest BCUT2D eigenvalue weighted by Crippen LogP contribution is 2.16. The first-order valence-corrected chi connectivity index (χ1v) is 7.40. The highest BCUT2D eigenvalue weighted by Gasteiger charge is 2.20. The molecule has 9 heteroatoms. The van der Waals surface area contributed by atoms with E-state index in [-0.39, 0.29) is 17.3 Å². The molecule has 0 saturated heterocycles. The van der Waals surface area contributed by atoms with Crippen molar-refractivity contribution < 1.29 is 12.8 Å². The number of hydrazine groups is 1. The highest BCUT2D eigenvalue weighted by atomic mass is 32.2. The summed E-state index contributed by atoms with van der Waals surface area (Å²) in [5.74, 6) is 6.25. The molecule has 4 N–H and O–H groups in total. The number of hydrogen-bond donors (Lipinski definition) is 3. The van der Waals surface area contributed by atoms with Crippen LogP contribution in [0.3, 0.4) is 0 Å². The normalized spacial score (nSPS) is 11.5. The summed E-state index contributed by atoms with van der Waals surface area (Å²) >= 11 is 0. The lowest BCUT2D eigenvalue weighted by atomic mass is 10.4. The molecule has 0 aliphatic heterocycles. The maximum absolute atomic E-state index is 12.1. The van der Waals surface area contributed by atoms with Crippen LogP contribution in [0.25, 0.3) is 0 Å². The van der Waals surface area contributed by atoms with E-state index in [1.165, 1.54) is 12.3 Å². The van der Waals surface area contributed by atoms with Gasteiger partial charge in [0.25, 0.3) is 10.0 Å². The topological polar surface area (TPSA) is 123 Å². The van der Waals surface area contributed by atoms with Gasteiger partial charge in [-0.3, -0.25) is 5.84 Å². The average Bonchev–Trinajstić information content (AvgIpc) is 2.93. The molecule has 2 aromatic heterocycles. The Morgan fingerprint density at radius 1 is 1.40 bits per heavy atom. The number of nitrogens with zero attached hydrogens (tertiary/aromatic N) is 2. The zero-order valence-corrected chi connectivity index (χ0v) is 11.6. The van der Waals surface area contributed by atoms with Gasteiger partial charge in [0.2, 0.25) is 5.89 Å². The molecule has 8 nitrogen and oxygen atoms in total. The summed E-state index contributed by atoms with van der Waals surface area (Å²) in [4.78, 5) is 7.78. The van der Waals surface area contributed by atoms with E-state index in [0.717, 1.165) is 0 Å². The standard InChI is InChI=1S/C11H15N5O3S/c1-2-8-6-14-10(19-8)7-15-20(17,18)11-9(16-12)4-3-5-13-11/h3-6,15-16H,2,7,12H2,1H3. The van der Waals surface area contributed by atoms with E-state index in [1.54, 1.807) is 12.3 Å². The molecule has 0 amide bonds. The Balaban J connectivity index is 2.15. The van der Waals surface area contributed by atoms with E-state index in [4.69, 9.17) is 10.3 Å². The zero-order valence-electron chi connectivity index (χ0n) is 10.8. The smallest absolute Gasteiger partial charge is 0.260 e. The van der Waals surface area contributed by atoms with Crippen LogP contribution in [0.5, 0.6) is 0 Å². The summed E-state index contributed by atoms with van der Waals surface area (Å²) in [5.41, 5.74) is 2.50. The third kappa shape index (κ3) is 3.13. The largest absolute Gasteiger partial charge is 0.444 e. The Hall–Kier alpha value is -1.97. The van der Waals surface area contributed by atoms with E-state index < -0.39 is 10.0 Å². The monoisotopic (exact) mass is 297 g/mol. The third-order valence-electron chi connectivity index (χ3n) is 2.54. The molecule has 0 saturated carbocycles. The van der Waals surface area contributed by atoms with Crippen molar-refractivity contribution in [2.75, 3.05) is 5.43 Å². The van der Waals surface area contributed by atoms with E-state index in [1.807, 2.05) is 6.92 Å². The number of rotatable bonds is 6. The maximum atomic E-state index is 12.1. The van der Waals surface area contributed by atoms with E-state index in [0.29, 0.717) is 18.1 Å². The van der Waals surface area contributed by atoms with E-state index in [2.05, 4.69) is 20.1 Å². The molecule has 0 unspecified atom stereocenters. The lowest BCUT2D eigenvalue weighted by Crippen LogP contribution is -2.26. The molecule has 0 spiro atoms. The first kappa shape index (κ1) is 14.4. The Kier molecular flexibility index (Phi) is 4.32. The van der Waals surface area contributed by atoms with Gasteiger partial charge in [-0.25, -0.2) is 23.1 Å². The number of nitrogens with two attached hydrogens (primary N) is 1. The van der Waals surface area contributed by atoms with Crippen LogP contribution in [0.1, 0.15) is 18.6 Å². The Bertz CT molecular complexity index is 683. The van der Waals surface area contributed by atoms with Crippen LogP contribution in [0, 0.1) is 0 Å². The van der Waals surface area contributed by atoms with Crippen molar-refractivity contribution in [2.45, 2.75) is 24.9 Å². The molecule has 0 fully saturated rings. The molecule has 2 rings (SSSR count). The third-order valence-corrected chi connectivity index (χ3v) is 3.90. The van der Waals surface area contributed by atoms with Gasteiger partial charge in [0.15, 0.2) is 5.03 Å². The van der Waals surface area contributed by atoms with Gasteiger partial charge < -0.3 is 9.84 Å². The number of hydrogen-bond acceptors (Lipinski definition) is 7. The zero-order chi connectivity index (χ0) is 14.6. The second-order valence-corrected chi connectivity index (χ2v) is 5.58. The first-order chi connectivity index (χ1) is 9.56. The van der Waals surface area contributed by atoms with Crippen LogP contribution in [0.2, 0.25) is 0 Å². The summed E-state index contributed by atoms with van der Waals surface area (Å²) in [7, 11) is -3.80. The lowest BCUT2D eigenvalue weighted by Gasteiger charge is -2.08. The summed E-state index contributed by atoms with van der Waals surface area (Å²) in [6.07, 6.45) is 3.63. The molecule has 0 atom stereocenters. The van der Waals surface area contributed by atoms with Crippen molar-refractivity contribution in [3.8, 4) is 0 Å². The first-order valence-electron chi connectivity index (χ1n) is 5.91. The number of sulfonamides is 1. The lowest BCUT2D eigenvalue weighted by molar-refractivity contribution is 0.452. The quantitative estimate of drug-likeness (QED) is 0.520. The molecule has 108 valence electrons. The van der Waals surface area contributed by atoms with Crippen molar-refractivity contribution in [3.63, 3.8) is 0 Å². The second kappa shape index (κ2) is 5.99. The van der Waals surface area contributed by atoms with Crippen molar-refractivity contribution >= 4 is 15.7 Å². The highest BCUT2D eigenvalue weighted by molar-refractivity contribution is 7.89. The Labute approximate surface area is 116 Å². The SMILES string of the molecule is CCc1cnc(CNS(=O)(=O)c2ncccc2NN)o1. The molecule has 0 aromatic carbocycles. The predicted molar refractivity (Wildman–Crippen MR) is 72.0 cm³/mol. The van der Waals surface area contributed by atoms with E-state index >= 15 is 0 Å². The Morgan fingerprint density at radius 3 is 2.85 bits per heavy atom. The fourth-order valence-electron chi connectivity index (χ4n) is 1.53. The van der Waals surface area contributed by atoms with Gasteiger partial charge in [-0.1, -0.05) is 6.92 Å². The van der Waals surface area contributed by atoms with Crippen LogP contribution < -0.4 is 16.0 Å². The number of anilines is 1. The molecule has 2 aromatic rings. The van der Waals surface area contributed by atoms with Crippen molar-refractivity contribution in [2.24, 2.45) is 5.84 Å². The maximum Gasteiger partial charge on any atom is 0.260 e. The number of pyridine rings is 1. The van der Waals surface area contributed by atoms with Gasteiger partial charge in [-0.15, -0.1) is 0 Å². The van der Waals surface area contributed by atoms with Crippen molar-refractivity contribution in [3.05, 3.63) is 36.2 Å². The fraction of sp³-hybridized carbons (Fsp3) is 0.273. The van der Waals surface area contributed by atoms with Crippen LogP contribution in [-0.4, -0.2) is 18.4 Å². The van der Waals surface area contributed by atoms with Gasteiger partial charge in [-0.2, -0.15) is 0 Å². The molecular formula is C11H15N5O3S. The summed E-state index contributed by atoms with van der Waals surface area (Å²) in [6, 6.07) is 3.09. The molecule has 0 bridgehead atoms. The molecule has 2 heterocycles. The summed E-state index contributed by atoms with van der Waals surface area (Å²) in [6.45, 7) is 1.87.